The van der Waals surface area contributed by atoms with Crippen molar-refractivity contribution in [3.8, 4) is 11.8 Å². The first-order valence-electron chi connectivity index (χ1n) is 8.00. The minimum absolute atomic E-state index is 0.478. The van der Waals surface area contributed by atoms with Gasteiger partial charge in [-0.25, -0.2) is 4.98 Å². The smallest absolute Gasteiger partial charge is 0.212 e. The Hall–Kier alpha value is -2.14. The van der Waals surface area contributed by atoms with Crippen LogP contribution in [0, 0.1) is 17.8 Å². The Kier molecular flexibility index (Phi) is 6.64. The molecule has 0 unspecified atom stereocenters. The van der Waals surface area contributed by atoms with E-state index in [0.717, 1.165) is 17.5 Å². The second kappa shape index (κ2) is 9.00. The molecule has 2 heteroatoms. The molecule has 0 saturated carbocycles. The summed E-state index contributed by atoms with van der Waals surface area (Å²) in [6.45, 7) is 2.24. The molecule has 1 heterocycles. The summed E-state index contributed by atoms with van der Waals surface area (Å²) in [5.41, 5.74) is 3.06. The summed E-state index contributed by atoms with van der Waals surface area (Å²) in [5.74, 6) is 5.60. The number of hydrogen-bond donors (Lipinski definition) is 0. The molecule has 0 radical (unpaired) electrons. The van der Waals surface area contributed by atoms with Crippen molar-refractivity contribution in [2.75, 3.05) is 0 Å². The number of pyridine rings is 1. The predicted octanol–water partition coefficient (Wildman–Crippen LogP) is 5.13. The van der Waals surface area contributed by atoms with Gasteiger partial charge in [0.05, 0.1) is 0 Å². The molecule has 0 bridgehead atoms. The van der Waals surface area contributed by atoms with Crippen molar-refractivity contribution < 1.29 is 4.39 Å². The fourth-order valence-electron chi connectivity index (χ4n) is 2.28. The van der Waals surface area contributed by atoms with Crippen LogP contribution >= 0.6 is 0 Å². The average molecular weight is 295 g/mol. The van der Waals surface area contributed by atoms with Crippen molar-refractivity contribution in [2.45, 2.75) is 45.4 Å². The Morgan fingerprint density at radius 2 is 1.55 bits per heavy atom. The van der Waals surface area contributed by atoms with Crippen LogP contribution < -0.4 is 0 Å². The third-order valence-corrected chi connectivity index (χ3v) is 3.60. The molecule has 0 amide bonds. The number of aromatic nitrogens is 1. The maximum Gasteiger partial charge on any atom is 0.212 e. The highest BCUT2D eigenvalue weighted by atomic mass is 19.1. The van der Waals surface area contributed by atoms with E-state index in [1.54, 1.807) is 6.07 Å². The largest absolute Gasteiger partial charge is 0.227 e. The summed E-state index contributed by atoms with van der Waals surface area (Å²) in [5, 5.41) is 0. The van der Waals surface area contributed by atoms with Gasteiger partial charge in [-0.2, -0.15) is 4.39 Å². The number of halogens is 1. The number of aryl methyl sites for hydroxylation is 1. The summed E-state index contributed by atoms with van der Waals surface area (Å²) in [6.07, 6.45) is 9.13. The highest BCUT2D eigenvalue weighted by molar-refractivity contribution is 5.42. The van der Waals surface area contributed by atoms with Crippen molar-refractivity contribution in [3.63, 3.8) is 0 Å². The first-order valence-corrected chi connectivity index (χ1v) is 8.00. The molecule has 0 atom stereocenters. The maximum absolute atomic E-state index is 12.7. The van der Waals surface area contributed by atoms with Gasteiger partial charge >= 0.3 is 0 Å². The van der Waals surface area contributed by atoms with Gasteiger partial charge in [0.15, 0.2) is 0 Å². The lowest BCUT2D eigenvalue weighted by atomic mass is 10.0. The number of unbranched alkanes of at least 4 members (excludes halogenated alkanes) is 4. The zero-order valence-corrected chi connectivity index (χ0v) is 13.1. The van der Waals surface area contributed by atoms with Gasteiger partial charge < -0.3 is 0 Å². The van der Waals surface area contributed by atoms with E-state index in [1.165, 1.54) is 49.9 Å². The Labute approximate surface area is 132 Å². The van der Waals surface area contributed by atoms with Crippen LogP contribution in [-0.2, 0) is 6.42 Å². The van der Waals surface area contributed by atoms with E-state index in [9.17, 15) is 4.39 Å². The summed E-state index contributed by atoms with van der Waals surface area (Å²) >= 11 is 0. The summed E-state index contributed by atoms with van der Waals surface area (Å²) in [6, 6.07) is 11.3. The van der Waals surface area contributed by atoms with E-state index in [1.807, 2.05) is 12.1 Å². The van der Waals surface area contributed by atoms with E-state index in [0.29, 0.717) is 0 Å². The molecule has 0 aliphatic rings. The van der Waals surface area contributed by atoms with Crippen molar-refractivity contribution in [2.24, 2.45) is 0 Å². The standard InChI is InChI=1S/C20H22FN/c1-2-3-4-5-6-7-17-8-10-18(11-9-17)12-13-19-14-15-20(21)22-16-19/h8-11,14-16H,2-7H2,1H3. The van der Waals surface area contributed by atoms with E-state index in [-0.39, 0.29) is 0 Å². The molecule has 0 fully saturated rings. The fraction of sp³-hybridized carbons (Fsp3) is 0.350. The number of nitrogens with zero attached hydrogens (tertiary/aromatic N) is 1. The van der Waals surface area contributed by atoms with Crippen LogP contribution in [0.3, 0.4) is 0 Å². The van der Waals surface area contributed by atoms with Gasteiger partial charge in [-0.3, -0.25) is 0 Å². The molecular formula is C20H22FN. The molecule has 1 nitrogen and oxygen atoms in total. The van der Waals surface area contributed by atoms with E-state index < -0.39 is 5.95 Å². The highest BCUT2D eigenvalue weighted by Gasteiger charge is 1.95. The van der Waals surface area contributed by atoms with Gasteiger partial charge in [-0.15, -0.1) is 0 Å². The first kappa shape index (κ1) is 16.2. The fourth-order valence-corrected chi connectivity index (χ4v) is 2.28. The van der Waals surface area contributed by atoms with Crippen LogP contribution in [0.15, 0.2) is 42.6 Å². The van der Waals surface area contributed by atoms with Crippen LogP contribution in [0.5, 0.6) is 0 Å². The summed E-state index contributed by atoms with van der Waals surface area (Å²) in [7, 11) is 0. The average Bonchev–Trinajstić information content (AvgIpc) is 2.55. The number of benzene rings is 1. The molecular weight excluding hydrogens is 273 g/mol. The second-order valence-corrected chi connectivity index (χ2v) is 5.48. The quantitative estimate of drug-likeness (QED) is 0.409. The first-order chi connectivity index (χ1) is 10.8. The molecule has 2 aromatic rings. The van der Waals surface area contributed by atoms with Gasteiger partial charge in [-0.1, -0.05) is 56.6 Å². The zero-order valence-electron chi connectivity index (χ0n) is 13.1. The van der Waals surface area contributed by atoms with Crippen LogP contribution in [0.4, 0.5) is 4.39 Å². The van der Waals surface area contributed by atoms with Crippen molar-refractivity contribution in [3.05, 3.63) is 65.2 Å². The lowest BCUT2D eigenvalue weighted by molar-refractivity contribution is 0.583. The van der Waals surface area contributed by atoms with Gasteiger partial charge in [0, 0.05) is 17.3 Å². The second-order valence-electron chi connectivity index (χ2n) is 5.48. The molecule has 1 aromatic carbocycles. The van der Waals surface area contributed by atoms with Crippen molar-refractivity contribution >= 4 is 0 Å². The minimum Gasteiger partial charge on any atom is -0.227 e. The summed E-state index contributed by atoms with van der Waals surface area (Å²) in [4.78, 5) is 3.59. The molecule has 0 N–H and O–H groups in total. The molecule has 2 rings (SSSR count). The minimum atomic E-state index is -0.478. The van der Waals surface area contributed by atoms with Crippen LogP contribution in [0.2, 0.25) is 0 Å². The molecule has 22 heavy (non-hydrogen) atoms. The van der Waals surface area contributed by atoms with Crippen LogP contribution in [-0.4, -0.2) is 4.98 Å². The molecule has 1 aromatic heterocycles. The SMILES string of the molecule is CCCCCCCc1ccc(C#Cc2ccc(F)nc2)cc1. The van der Waals surface area contributed by atoms with E-state index in [2.05, 4.69) is 35.9 Å². The van der Waals surface area contributed by atoms with Crippen LogP contribution in [0.25, 0.3) is 0 Å². The Morgan fingerprint density at radius 3 is 2.23 bits per heavy atom. The van der Waals surface area contributed by atoms with E-state index >= 15 is 0 Å². The third-order valence-electron chi connectivity index (χ3n) is 3.60. The number of hydrogen-bond acceptors (Lipinski definition) is 1. The lowest BCUT2D eigenvalue weighted by Gasteiger charge is -2.01. The topological polar surface area (TPSA) is 12.9 Å². The molecule has 0 spiro atoms. The van der Waals surface area contributed by atoms with Gasteiger partial charge in [0.25, 0.3) is 0 Å². The molecule has 114 valence electrons. The monoisotopic (exact) mass is 295 g/mol. The molecule has 0 aliphatic carbocycles. The van der Waals surface area contributed by atoms with Gasteiger partial charge in [0.2, 0.25) is 5.95 Å². The van der Waals surface area contributed by atoms with Crippen LogP contribution in [0.1, 0.15) is 55.7 Å². The van der Waals surface area contributed by atoms with Crippen molar-refractivity contribution in [1.29, 1.82) is 0 Å². The number of rotatable bonds is 6. The Balaban J connectivity index is 1.85. The normalized spacial score (nSPS) is 10.1. The Bertz CT molecular complexity index is 617. The molecule has 0 saturated heterocycles. The van der Waals surface area contributed by atoms with Gasteiger partial charge in [0.1, 0.15) is 0 Å². The third kappa shape index (κ3) is 5.69. The summed E-state index contributed by atoms with van der Waals surface area (Å²) < 4.78 is 12.7. The maximum atomic E-state index is 12.7. The lowest BCUT2D eigenvalue weighted by Crippen LogP contribution is -1.87. The highest BCUT2D eigenvalue weighted by Crippen LogP contribution is 2.10. The zero-order chi connectivity index (χ0) is 15.6. The van der Waals surface area contributed by atoms with Crippen molar-refractivity contribution in [1.82, 2.24) is 4.98 Å². The van der Waals surface area contributed by atoms with E-state index in [4.69, 9.17) is 0 Å². The molecule has 0 aliphatic heterocycles. The van der Waals surface area contributed by atoms with Gasteiger partial charge in [-0.05, 0) is 42.7 Å². The Morgan fingerprint density at radius 1 is 0.864 bits per heavy atom. The predicted molar refractivity (Wildman–Crippen MR) is 89.1 cm³/mol.